The molecule has 10 nitrogen and oxygen atoms in total. The minimum atomic E-state index is -1.34. The van der Waals surface area contributed by atoms with Gasteiger partial charge in [-0.3, -0.25) is 0 Å². The Kier molecular flexibility index (Phi) is 17.0. The number of amides is 4. The maximum absolute atomic E-state index is 10.1. The average molecular weight is 319 g/mol. The van der Waals surface area contributed by atoms with Crippen LogP contribution in [0.5, 0.6) is 0 Å². The summed E-state index contributed by atoms with van der Waals surface area (Å²) in [6.07, 6.45) is 0. The Labute approximate surface area is 118 Å². The summed E-state index contributed by atoms with van der Waals surface area (Å²) in [5.74, 6) is -4.90. The molecule has 0 aromatic heterocycles. The van der Waals surface area contributed by atoms with Gasteiger partial charge >= 0.3 is 16.5 Å². The topological polar surface area (TPSA) is 185 Å². The first kappa shape index (κ1) is 22.5. The molecule has 0 fully saturated rings. The van der Waals surface area contributed by atoms with Crippen molar-refractivity contribution in [3.05, 3.63) is 22.1 Å². The number of nitrogens with one attached hydrogen (secondary N) is 2. The second kappa shape index (κ2) is 14.4. The Morgan fingerprint density at radius 3 is 1.21 bits per heavy atom. The summed E-state index contributed by atoms with van der Waals surface area (Å²) in [6.45, 7) is -0.773. The number of aliphatic hydroxyl groups excluding tert-OH is 2. The van der Waals surface area contributed by atoms with Crippen molar-refractivity contribution in [3.63, 3.8) is 0 Å². The van der Waals surface area contributed by atoms with E-state index in [9.17, 15) is 19.2 Å². The zero-order chi connectivity index (χ0) is 14.6. The summed E-state index contributed by atoms with van der Waals surface area (Å²) < 4.78 is 0. The maximum Gasteiger partial charge on any atom is 2.00 e. The fraction of sp³-hybridized carbons (Fsp3) is 0.500. The predicted octanol–water partition coefficient (Wildman–Crippen LogP) is -1.09. The van der Waals surface area contributed by atoms with Crippen molar-refractivity contribution in [2.24, 2.45) is 0 Å². The predicted molar refractivity (Wildman–Crippen MR) is 59.3 cm³/mol. The van der Waals surface area contributed by atoms with E-state index in [1.54, 1.807) is 0 Å². The standard InChI is InChI=1S/2C4H8N2O3.Ni/c2*5-3(8)4(9)6-1-2-7;/h2*7H,1-2H2,(H3,5,6,8,9);/q;;+2/p-4. The summed E-state index contributed by atoms with van der Waals surface area (Å²) in [5, 5.41) is 22.2. The number of aliphatic hydroxyl groups is 2. The minimum Gasteiger partial charge on any atom is -0.662 e. The number of hydrogen-bond acceptors (Lipinski definition) is 6. The van der Waals surface area contributed by atoms with E-state index in [0.29, 0.717) is 0 Å². The number of nitrogens with zero attached hydrogens (tertiary/aromatic N) is 2. The fourth-order valence-electron chi connectivity index (χ4n) is 0.447. The van der Waals surface area contributed by atoms with Crippen LogP contribution in [0.4, 0.5) is 0 Å². The van der Waals surface area contributed by atoms with Crippen LogP contribution in [-0.4, -0.2) is 60.1 Å². The largest absolute Gasteiger partial charge is 2.00 e. The van der Waals surface area contributed by atoms with Crippen LogP contribution >= 0.6 is 0 Å². The van der Waals surface area contributed by atoms with Crippen molar-refractivity contribution in [1.82, 2.24) is 0 Å². The normalized spacial score (nSPS) is 8.11. The summed E-state index contributed by atoms with van der Waals surface area (Å²) >= 11 is 0. The molecule has 0 aliphatic carbocycles. The van der Waals surface area contributed by atoms with Gasteiger partial charge in [0.05, 0.1) is 23.6 Å². The zero-order valence-electron chi connectivity index (χ0n) is 9.57. The molecule has 0 radical (unpaired) electrons. The number of hydrogen-bond donors (Lipinski definition) is 2. The van der Waals surface area contributed by atoms with E-state index in [1.807, 2.05) is 0 Å². The number of carbonyl (C=O) groups excluding carboxylic acids is 4. The summed E-state index contributed by atoms with van der Waals surface area (Å²) in [6, 6.07) is 0. The van der Waals surface area contributed by atoms with Crippen LogP contribution in [0.3, 0.4) is 0 Å². The third-order valence-electron chi connectivity index (χ3n) is 1.10. The molecule has 0 saturated carbocycles. The molecule has 0 unspecified atom stereocenters. The quantitative estimate of drug-likeness (QED) is 0.489. The second-order valence-corrected chi connectivity index (χ2v) is 2.48. The average Bonchev–Trinajstić information content (AvgIpc) is 2.33. The van der Waals surface area contributed by atoms with Crippen molar-refractivity contribution in [2.45, 2.75) is 0 Å². The summed E-state index contributed by atoms with van der Waals surface area (Å²) in [7, 11) is 0. The number of carbonyl (C=O) groups is 4. The first-order valence-electron chi connectivity index (χ1n) is 4.53. The van der Waals surface area contributed by atoms with Crippen molar-refractivity contribution < 1.29 is 45.9 Å². The van der Waals surface area contributed by atoms with Crippen molar-refractivity contribution >= 4 is 23.6 Å². The molecule has 0 aromatic carbocycles. The van der Waals surface area contributed by atoms with Gasteiger partial charge in [0, 0.05) is 13.2 Å². The first-order chi connectivity index (χ1) is 8.36. The van der Waals surface area contributed by atoms with E-state index in [1.165, 1.54) is 0 Å². The van der Waals surface area contributed by atoms with E-state index >= 15 is 0 Å². The van der Waals surface area contributed by atoms with Gasteiger partial charge in [-0.2, -0.15) is 0 Å². The van der Waals surface area contributed by atoms with Crippen molar-refractivity contribution in [3.8, 4) is 0 Å². The molecule has 11 heteroatoms. The van der Waals surface area contributed by atoms with Gasteiger partial charge in [-0.05, 0) is 0 Å². The van der Waals surface area contributed by atoms with Crippen molar-refractivity contribution in [1.29, 1.82) is 0 Å². The molecule has 0 atom stereocenters. The molecular weight excluding hydrogens is 307 g/mol. The molecule has 4 N–H and O–H groups in total. The smallest absolute Gasteiger partial charge is 0.662 e. The SMILES string of the molecule is [NH-]C(=O)C(=O)[N-]CCO.[NH-]C(=O)C(=O)[N-]CCO.[Ni+2]. The summed E-state index contributed by atoms with van der Waals surface area (Å²) in [4.78, 5) is 39.8. The molecule has 0 aliphatic rings. The zero-order valence-corrected chi connectivity index (χ0v) is 10.6. The minimum absolute atomic E-state index is 0. The van der Waals surface area contributed by atoms with Gasteiger partial charge in [0.2, 0.25) is 0 Å². The van der Waals surface area contributed by atoms with E-state index in [-0.39, 0.29) is 42.8 Å². The van der Waals surface area contributed by atoms with Crippen LogP contribution in [0, 0.1) is 0 Å². The Morgan fingerprint density at radius 1 is 0.789 bits per heavy atom. The third-order valence-corrected chi connectivity index (χ3v) is 1.10. The van der Waals surface area contributed by atoms with Gasteiger partial charge in [-0.1, -0.05) is 0 Å². The Bertz CT molecular complexity index is 282. The molecule has 0 bridgehead atoms. The van der Waals surface area contributed by atoms with Crippen LogP contribution in [0.1, 0.15) is 0 Å². The Hall–Kier alpha value is -1.71. The van der Waals surface area contributed by atoms with E-state index < -0.39 is 23.6 Å². The Balaban J connectivity index is -0.000000256. The van der Waals surface area contributed by atoms with Crippen LogP contribution in [0.2, 0.25) is 0 Å². The molecule has 112 valence electrons. The van der Waals surface area contributed by atoms with Gasteiger partial charge in [0.15, 0.2) is 0 Å². The molecular formula is C8H12N4NiO6-2. The van der Waals surface area contributed by atoms with Crippen LogP contribution < -0.4 is 0 Å². The molecule has 0 aliphatic heterocycles. The molecule has 0 saturated heterocycles. The van der Waals surface area contributed by atoms with Crippen LogP contribution in [-0.2, 0) is 35.7 Å². The monoisotopic (exact) mass is 318 g/mol. The van der Waals surface area contributed by atoms with Crippen LogP contribution in [0.15, 0.2) is 0 Å². The van der Waals surface area contributed by atoms with Gasteiger partial charge in [0.25, 0.3) is 0 Å². The van der Waals surface area contributed by atoms with Gasteiger partial charge < -0.3 is 51.5 Å². The van der Waals surface area contributed by atoms with Crippen molar-refractivity contribution in [2.75, 3.05) is 26.3 Å². The fourth-order valence-corrected chi connectivity index (χ4v) is 0.447. The molecule has 19 heavy (non-hydrogen) atoms. The van der Waals surface area contributed by atoms with Gasteiger partial charge in [0.1, 0.15) is 0 Å². The molecule has 0 rings (SSSR count). The van der Waals surface area contributed by atoms with E-state index in [2.05, 4.69) is 10.6 Å². The van der Waals surface area contributed by atoms with Gasteiger partial charge in [-0.15, -0.1) is 13.1 Å². The van der Waals surface area contributed by atoms with E-state index in [4.69, 9.17) is 21.7 Å². The maximum atomic E-state index is 10.1. The second-order valence-electron chi connectivity index (χ2n) is 2.48. The van der Waals surface area contributed by atoms with E-state index in [0.717, 1.165) is 0 Å². The molecule has 0 heterocycles. The third kappa shape index (κ3) is 16.3. The summed E-state index contributed by atoms with van der Waals surface area (Å²) in [5.41, 5.74) is 12.4. The number of rotatable bonds is 4. The first-order valence-corrected chi connectivity index (χ1v) is 4.53. The van der Waals surface area contributed by atoms with Gasteiger partial charge in [-0.25, -0.2) is 0 Å². The Morgan fingerprint density at radius 2 is 1.05 bits per heavy atom. The molecule has 0 spiro atoms. The van der Waals surface area contributed by atoms with Crippen LogP contribution in [0.25, 0.3) is 22.1 Å². The molecule has 4 amide bonds. The molecule has 0 aromatic rings.